The van der Waals surface area contributed by atoms with Gasteiger partial charge < -0.3 is 9.84 Å². The first-order valence-corrected chi connectivity index (χ1v) is 9.10. The lowest BCUT2D eigenvalue weighted by atomic mass is 10.1. The Labute approximate surface area is 164 Å². The molecule has 1 amide bonds. The third-order valence-electron chi connectivity index (χ3n) is 3.78. The summed E-state index contributed by atoms with van der Waals surface area (Å²) in [5.41, 5.74) is 2.36. The molecule has 134 valence electrons. The van der Waals surface area contributed by atoms with Gasteiger partial charge in [-0.2, -0.15) is 10.1 Å². The number of halogens is 2. The summed E-state index contributed by atoms with van der Waals surface area (Å²) in [6, 6.07) is 10.6. The fourth-order valence-electron chi connectivity index (χ4n) is 2.58. The lowest BCUT2D eigenvalue weighted by Gasteiger charge is -2.12. The summed E-state index contributed by atoms with van der Waals surface area (Å²) in [6.45, 7) is 3.97. The van der Waals surface area contributed by atoms with Crippen LogP contribution in [0.3, 0.4) is 0 Å². The number of aromatic hydroxyl groups is 1. The van der Waals surface area contributed by atoms with Crippen molar-refractivity contribution in [1.82, 2.24) is 0 Å². The number of benzene rings is 2. The Morgan fingerprint density at radius 2 is 2.12 bits per heavy atom. The van der Waals surface area contributed by atoms with E-state index in [0.29, 0.717) is 29.1 Å². The Balaban J connectivity index is 1.98. The summed E-state index contributed by atoms with van der Waals surface area (Å²) in [6.07, 6.45) is 1.69. The number of carbonyl (C=O) groups excluding carboxylic acids is 1. The molecule has 1 N–H and O–H groups in total. The van der Waals surface area contributed by atoms with Gasteiger partial charge in [-0.3, -0.25) is 4.79 Å². The molecule has 1 aliphatic rings. The summed E-state index contributed by atoms with van der Waals surface area (Å²) in [5.74, 6) is -0.0759. The van der Waals surface area contributed by atoms with Crippen LogP contribution in [0, 0.1) is 0 Å². The number of hydrogen-bond acceptors (Lipinski definition) is 4. The zero-order valence-electron chi connectivity index (χ0n) is 14.2. The summed E-state index contributed by atoms with van der Waals surface area (Å²) in [5, 5.41) is 15.8. The van der Waals surface area contributed by atoms with Crippen LogP contribution in [-0.2, 0) is 4.79 Å². The molecule has 0 saturated carbocycles. The largest absolute Gasteiger partial charge is 0.503 e. The average molecular weight is 436 g/mol. The number of carbonyl (C=O) groups is 1. The summed E-state index contributed by atoms with van der Waals surface area (Å²) in [4.78, 5) is 12.8. The van der Waals surface area contributed by atoms with Crippen LogP contribution >= 0.6 is 27.5 Å². The molecular weight excluding hydrogens is 420 g/mol. The van der Waals surface area contributed by atoms with Gasteiger partial charge in [-0.25, -0.2) is 0 Å². The van der Waals surface area contributed by atoms with Crippen molar-refractivity contribution in [2.75, 3.05) is 11.6 Å². The van der Waals surface area contributed by atoms with Crippen LogP contribution in [0.4, 0.5) is 5.69 Å². The second-order valence-electron chi connectivity index (χ2n) is 5.62. The average Bonchev–Trinajstić information content (AvgIpc) is 2.87. The SMILES string of the molecule is CCOc1cc(/C=C2/C(=O)N(c3cccc(Br)c3)N=C2C)cc(Cl)c1O. The van der Waals surface area contributed by atoms with Crippen molar-refractivity contribution < 1.29 is 14.6 Å². The molecule has 3 rings (SSSR count). The summed E-state index contributed by atoms with van der Waals surface area (Å²) >= 11 is 9.46. The van der Waals surface area contributed by atoms with E-state index in [0.717, 1.165) is 4.47 Å². The highest BCUT2D eigenvalue weighted by molar-refractivity contribution is 9.10. The number of rotatable bonds is 4. The zero-order chi connectivity index (χ0) is 18.8. The van der Waals surface area contributed by atoms with E-state index in [4.69, 9.17) is 16.3 Å². The van der Waals surface area contributed by atoms with Crippen LogP contribution in [0.1, 0.15) is 19.4 Å². The van der Waals surface area contributed by atoms with Crippen LogP contribution in [0.5, 0.6) is 11.5 Å². The monoisotopic (exact) mass is 434 g/mol. The van der Waals surface area contributed by atoms with E-state index >= 15 is 0 Å². The first-order valence-electron chi connectivity index (χ1n) is 7.93. The molecule has 0 fully saturated rings. The van der Waals surface area contributed by atoms with Gasteiger partial charge in [0.1, 0.15) is 0 Å². The Bertz CT molecular complexity index is 940. The molecule has 5 nitrogen and oxygen atoms in total. The van der Waals surface area contributed by atoms with Crippen LogP contribution < -0.4 is 9.75 Å². The van der Waals surface area contributed by atoms with Crippen molar-refractivity contribution in [1.29, 1.82) is 0 Å². The second kappa shape index (κ2) is 7.51. The first kappa shape index (κ1) is 18.5. The quantitative estimate of drug-likeness (QED) is 0.687. The van der Waals surface area contributed by atoms with Gasteiger partial charge in [0, 0.05) is 4.47 Å². The van der Waals surface area contributed by atoms with E-state index in [1.807, 2.05) is 31.2 Å². The summed E-state index contributed by atoms with van der Waals surface area (Å²) in [7, 11) is 0. The normalized spacial score (nSPS) is 15.5. The molecule has 0 bridgehead atoms. The first-order chi connectivity index (χ1) is 12.4. The maximum absolute atomic E-state index is 12.8. The molecule has 2 aromatic carbocycles. The summed E-state index contributed by atoms with van der Waals surface area (Å²) < 4.78 is 6.25. The topological polar surface area (TPSA) is 62.1 Å². The minimum absolute atomic E-state index is 0.116. The molecule has 0 spiro atoms. The number of phenolic OH excluding ortho intramolecular Hbond substituents is 1. The molecular formula is C19H16BrClN2O3. The van der Waals surface area contributed by atoms with Crippen LogP contribution in [0.25, 0.3) is 6.08 Å². The van der Waals surface area contributed by atoms with Gasteiger partial charge in [0.25, 0.3) is 5.91 Å². The molecule has 0 unspecified atom stereocenters. The van der Waals surface area contributed by atoms with Gasteiger partial charge in [-0.1, -0.05) is 33.6 Å². The van der Waals surface area contributed by atoms with Crippen molar-refractivity contribution in [2.24, 2.45) is 5.10 Å². The van der Waals surface area contributed by atoms with E-state index < -0.39 is 0 Å². The van der Waals surface area contributed by atoms with Gasteiger partial charge in [-0.15, -0.1) is 0 Å². The van der Waals surface area contributed by atoms with Gasteiger partial charge in [0.2, 0.25) is 0 Å². The Morgan fingerprint density at radius 1 is 1.35 bits per heavy atom. The van der Waals surface area contributed by atoms with Crippen molar-refractivity contribution in [3.63, 3.8) is 0 Å². The Hall–Kier alpha value is -2.31. The zero-order valence-corrected chi connectivity index (χ0v) is 16.5. The van der Waals surface area contributed by atoms with Crippen molar-refractivity contribution in [3.05, 3.63) is 57.0 Å². The highest BCUT2D eigenvalue weighted by Gasteiger charge is 2.29. The van der Waals surface area contributed by atoms with Crippen LogP contribution in [0.2, 0.25) is 5.02 Å². The van der Waals surface area contributed by atoms with Crippen molar-refractivity contribution >= 4 is 50.9 Å². The maximum Gasteiger partial charge on any atom is 0.280 e. The molecule has 0 saturated heterocycles. The molecule has 1 aliphatic heterocycles. The van der Waals surface area contributed by atoms with Crippen LogP contribution in [-0.4, -0.2) is 23.3 Å². The van der Waals surface area contributed by atoms with Gasteiger partial charge in [0.05, 0.1) is 28.6 Å². The molecule has 26 heavy (non-hydrogen) atoms. The molecule has 1 heterocycles. The minimum Gasteiger partial charge on any atom is -0.503 e. The molecule has 0 atom stereocenters. The molecule has 0 radical (unpaired) electrons. The van der Waals surface area contributed by atoms with Gasteiger partial charge >= 0.3 is 0 Å². The molecule has 0 aromatic heterocycles. The lowest BCUT2D eigenvalue weighted by Crippen LogP contribution is -2.21. The van der Waals surface area contributed by atoms with E-state index in [1.165, 1.54) is 5.01 Å². The van der Waals surface area contributed by atoms with E-state index in [9.17, 15) is 9.90 Å². The highest BCUT2D eigenvalue weighted by atomic mass is 79.9. The van der Waals surface area contributed by atoms with E-state index in [-0.39, 0.29) is 22.4 Å². The van der Waals surface area contributed by atoms with Gasteiger partial charge in [-0.05, 0) is 55.8 Å². The fourth-order valence-corrected chi connectivity index (χ4v) is 3.18. The van der Waals surface area contributed by atoms with Crippen LogP contribution in [0.15, 0.2) is 51.5 Å². The van der Waals surface area contributed by atoms with Crippen molar-refractivity contribution in [3.8, 4) is 11.5 Å². The number of hydrazone groups is 1. The second-order valence-corrected chi connectivity index (χ2v) is 6.95. The number of ether oxygens (including phenoxy) is 1. The van der Waals surface area contributed by atoms with Crippen molar-refractivity contribution in [2.45, 2.75) is 13.8 Å². The molecule has 7 heteroatoms. The number of nitrogens with zero attached hydrogens (tertiary/aromatic N) is 2. The van der Waals surface area contributed by atoms with E-state index in [1.54, 1.807) is 25.1 Å². The predicted molar refractivity (Wildman–Crippen MR) is 107 cm³/mol. The molecule has 0 aliphatic carbocycles. The standard InChI is InChI=1S/C19H16BrClN2O3/c1-3-26-17-9-12(8-16(21)18(17)24)7-15-11(2)22-23(19(15)25)14-6-4-5-13(20)10-14/h4-10,24H,3H2,1-2H3/b15-7+. The van der Waals surface area contributed by atoms with Gasteiger partial charge in [0.15, 0.2) is 11.5 Å². The number of amides is 1. The smallest absolute Gasteiger partial charge is 0.280 e. The number of anilines is 1. The maximum atomic E-state index is 12.8. The third-order valence-corrected chi connectivity index (χ3v) is 4.56. The molecule has 2 aromatic rings. The number of hydrogen-bond donors (Lipinski definition) is 1. The third kappa shape index (κ3) is 3.61. The minimum atomic E-state index is -0.234. The highest BCUT2D eigenvalue weighted by Crippen LogP contribution is 2.36. The Morgan fingerprint density at radius 3 is 2.81 bits per heavy atom. The predicted octanol–water partition coefficient (Wildman–Crippen LogP) is 5.01. The van der Waals surface area contributed by atoms with E-state index in [2.05, 4.69) is 21.0 Å². The lowest BCUT2D eigenvalue weighted by molar-refractivity contribution is -0.114. The fraction of sp³-hybridized carbons (Fsp3) is 0.158. The number of phenols is 1. The Kier molecular flexibility index (Phi) is 5.34.